The second kappa shape index (κ2) is 7.60. The topological polar surface area (TPSA) is 98.7 Å². The first-order valence-electron chi connectivity index (χ1n) is 5.66. The minimum Gasteiger partial charge on any atom is -0.481 e. The summed E-state index contributed by atoms with van der Waals surface area (Å²) >= 11 is 5.72. The van der Waals surface area contributed by atoms with Gasteiger partial charge >= 0.3 is 12.0 Å². The Morgan fingerprint density at radius 3 is 2.42 bits per heavy atom. The Labute approximate surface area is 115 Å². The summed E-state index contributed by atoms with van der Waals surface area (Å²) in [5.74, 6) is -0.985. The molecular weight excluding hydrogens is 272 g/mol. The molecule has 4 N–H and O–H groups in total. The van der Waals surface area contributed by atoms with E-state index in [-0.39, 0.29) is 19.5 Å². The molecule has 1 atom stereocenters. The number of urea groups is 1. The van der Waals surface area contributed by atoms with Crippen LogP contribution in [0.3, 0.4) is 0 Å². The Morgan fingerprint density at radius 1 is 1.21 bits per heavy atom. The van der Waals surface area contributed by atoms with Gasteiger partial charge in [-0.3, -0.25) is 4.79 Å². The van der Waals surface area contributed by atoms with E-state index in [1.54, 1.807) is 24.3 Å². The first kappa shape index (κ1) is 15.3. The molecule has 1 aromatic carbocycles. The Hall–Kier alpha value is -1.79. The maximum Gasteiger partial charge on any atom is 0.314 e. The molecule has 0 saturated heterocycles. The van der Waals surface area contributed by atoms with Crippen molar-refractivity contribution in [1.29, 1.82) is 0 Å². The zero-order chi connectivity index (χ0) is 14.3. The zero-order valence-electron chi connectivity index (χ0n) is 10.1. The molecule has 0 aliphatic heterocycles. The van der Waals surface area contributed by atoms with Crippen molar-refractivity contribution in [2.24, 2.45) is 0 Å². The van der Waals surface area contributed by atoms with Gasteiger partial charge in [0.15, 0.2) is 0 Å². The fourth-order valence-corrected chi connectivity index (χ4v) is 1.46. The van der Waals surface area contributed by atoms with Gasteiger partial charge in [0.25, 0.3) is 0 Å². The molecule has 0 aliphatic carbocycles. The van der Waals surface area contributed by atoms with E-state index in [1.165, 1.54) is 0 Å². The van der Waals surface area contributed by atoms with Crippen LogP contribution in [-0.4, -0.2) is 35.3 Å². The molecule has 0 aliphatic rings. The fourth-order valence-electron chi connectivity index (χ4n) is 1.34. The van der Waals surface area contributed by atoms with Gasteiger partial charge in [-0.05, 0) is 17.7 Å². The van der Waals surface area contributed by atoms with Crippen LogP contribution in [0.25, 0.3) is 0 Å². The van der Waals surface area contributed by atoms with Crippen LogP contribution in [0.5, 0.6) is 0 Å². The van der Waals surface area contributed by atoms with Crippen LogP contribution in [0.1, 0.15) is 18.1 Å². The molecule has 0 aromatic heterocycles. The van der Waals surface area contributed by atoms with Gasteiger partial charge in [0.05, 0.1) is 12.5 Å². The van der Waals surface area contributed by atoms with Gasteiger partial charge in [0.2, 0.25) is 0 Å². The number of carboxylic acids is 1. The molecule has 0 bridgehead atoms. The summed E-state index contributed by atoms with van der Waals surface area (Å²) in [6, 6.07) is 6.10. The summed E-state index contributed by atoms with van der Waals surface area (Å²) in [6.45, 7) is 0.0682. The summed E-state index contributed by atoms with van der Waals surface area (Å²) in [5.41, 5.74) is 0.634. The van der Waals surface area contributed by atoms with Crippen molar-refractivity contribution in [3.63, 3.8) is 0 Å². The highest BCUT2D eigenvalue weighted by molar-refractivity contribution is 6.30. The highest BCUT2D eigenvalue weighted by Crippen LogP contribution is 2.15. The number of aliphatic hydroxyl groups excluding tert-OH is 1. The number of amides is 2. The minimum atomic E-state index is -0.985. The van der Waals surface area contributed by atoms with Gasteiger partial charge in [0, 0.05) is 18.1 Å². The fraction of sp³-hybridized carbons (Fsp3) is 0.333. The lowest BCUT2D eigenvalue weighted by molar-refractivity contribution is -0.136. The Bertz CT molecular complexity index is 436. The van der Waals surface area contributed by atoms with E-state index >= 15 is 0 Å². The number of carboxylic acid groups (broad SMARTS) is 1. The predicted molar refractivity (Wildman–Crippen MR) is 70.1 cm³/mol. The quantitative estimate of drug-likeness (QED) is 0.630. The van der Waals surface area contributed by atoms with Crippen LogP contribution < -0.4 is 10.6 Å². The molecule has 7 heteroatoms. The molecule has 0 saturated carbocycles. The Kier molecular flexibility index (Phi) is 6.11. The van der Waals surface area contributed by atoms with Gasteiger partial charge in [-0.25, -0.2) is 4.79 Å². The maximum atomic E-state index is 11.3. The molecule has 0 radical (unpaired) electrons. The van der Waals surface area contributed by atoms with Gasteiger partial charge in [-0.15, -0.1) is 0 Å². The van der Waals surface area contributed by atoms with Crippen molar-refractivity contribution in [1.82, 2.24) is 10.6 Å². The van der Waals surface area contributed by atoms with Crippen LogP contribution in [-0.2, 0) is 4.79 Å². The van der Waals surface area contributed by atoms with Gasteiger partial charge < -0.3 is 20.8 Å². The van der Waals surface area contributed by atoms with Crippen molar-refractivity contribution in [2.75, 3.05) is 13.1 Å². The number of benzene rings is 1. The standard InChI is InChI=1S/C12H15ClN2O4/c13-9-3-1-8(2-4-9)10(16)7-15-12(19)14-6-5-11(17)18/h1-4,10,16H,5-7H2,(H,17,18)(H2,14,15,19)/t10-/m0/s1. The Morgan fingerprint density at radius 2 is 1.84 bits per heavy atom. The minimum absolute atomic E-state index is 0.0283. The molecule has 104 valence electrons. The van der Waals surface area contributed by atoms with E-state index in [0.717, 1.165) is 0 Å². The lowest BCUT2D eigenvalue weighted by Crippen LogP contribution is -2.38. The lowest BCUT2D eigenvalue weighted by Gasteiger charge is -2.12. The SMILES string of the molecule is O=C(O)CCNC(=O)NC[C@H](O)c1ccc(Cl)cc1. The van der Waals surface area contributed by atoms with E-state index in [0.29, 0.717) is 10.6 Å². The number of carbonyl (C=O) groups excluding carboxylic acids is 1. The largest absolute Gasteiger partial charge is 0.481 e. The first-order chi connectivity index (χ1) is 8.99. The van der Waals surface area contributed by atoms with E-state index in [4.69, 9.17) is 16.7 Å². The van der Waals surface area contributed by atoms with Gasteiger partial charge in [-0.1, -0.05) is 23.7 Å². The smallest absolute Gasteiger partial charge is 0.314 e. The van der Waals surface area contributed by atoms with Crippen LogP contribution in [0.2, 0.25) is 5.02 Å². The van der Waals surface area contributed by atoms with E-state index in [1.807, 2.05) is 0 Å². The number of carbonyl (C=O) groups is 2. The highest BCUT2D eigenvalue weighted by atomic mass is 35.5. The molecule has 19 heavy (non-hydrogen) atoms. The third kappa shape index (κ3) is 6.08. The van der Waals surface area contributed by atoms with Crippen LogP contribution in [0, 0.1) is 0 Å². The molecule has 1 aromatic rings. The predicted octanol–water partition coefficient (Wildman–Crippen LogP) is 1.15. The number of halogens is 1. The third-order valence-corrected chi connectivity index (χ3v) is 2.59. The molecular formula is C12H15ClN2O4. The van der Waals surface area contributed by atoms with Crippen LogP contribution in [0.4, 0.5) is 4.79 Å². The molecule has 2 amide bonds. The number of aliphatic carboxylic acids is 1. The molecule has 1 rings (SSSR count). The van der Waals surface area contributed by atoms with Crippen molar-refractivity contribution < 1.29 is 19.8 Å². The number of hydrogen-bond donors (Lipinski definition) is 4. The molecule has 0 fully saturated rings. The number of rotatable bonds is 6. The second-order valence-corrected chi connectivity index (χ2v) is 4.28. The van der Waals surface area contributed by atoms with Crippen molar-refractivity contribution in [3.8, 4) is 0 Å². The first-order valence-corrected chi connectivity index (χ1v) is 6.04. The molecule has 6 nitrogen and oxygen atoms in total. The van der Waals surface area contributed by atoms with Crippen LogP contribution in [0.15, 0.2) is 24.3 Å². The average molecular weight is 287 g/mol. The second-order valence-electron chi connectivity index (χ2n) is 3.85. The van der Waals surface area contributed by atoms with E-state index in [2.05, 4.69) is 10.6 Å². The van der Waals surface area contributed by atoms with Crippen molar-refractivity contribution in [3.05, 3.63) is 34.9 Å². The third-order valence-electron chi connectivity index (χ3n) is 2.34. The molecule has 0 spiro atoms. The van der Waals surface area contributed by atoms with Crippen molar-refractivity contribution in [2.45, 2.75) is 12.5 Å². The van der Waals surface area contributed by atoms with E-state index in [9.17, 15) is 14.7 Å². The maximum absolute atomic E-state index is 11.3. The van der Waals surface area contributed by atoms with Crippen LogP contribution >= 0.6 is 11.6 Å². The Balaban J connectivity index is 2.29. The summed E-state index contributed by atoms with van der Waals surface area (Å²) < 4.78 is 0. The number of aliphatic hydroxyl groups is 1. The summed E-state index contributed by atoms with van der Waals surface area (Å²) in [5, 5.41) is 23.6. The summed E-state index contributed by atoms with van der Waals surface area (Å²) in [6.07, 6.45) is -0.991. The molecule has 0 unspecified atom stereocenters. The summed E-state index contributed by atoms with van der Waals surface area (Å²) in [7, 11) is 0. The van der Waals surface area contributed by atoms with Crippen molar-refractivity contribution >= 4 is 23.6 Å². The van der Waals surface area contributed by atoms with Gasteiger partial charge in [-0.2, -0.15) is 0 Å². The lowest BCUT2D eigenvalue weighted by atomic mass is 10.1. The zero-order valence-corrected chi connectivity index (χ0v) is 10.9. The number of nitrogens with one attached hydrogen (secondary N) is 2. The van der Waals surface area contributed by atoms with E-state index < -0.39 is 18.1 Å². The van der Waals surface area contributed by atoms with Gasteiger partial charge in [0.1, 0.15) is 0 Å². The molecule has 0 heterocycles. The number of hydrogen-bond acceptors (Lipinski definition) is 3. The normalized spacial score (nSPS) is 11.7. The highest BCUT2D eigenvalue weighted by Gasteiger charge is 2.09. The summed E-state index contributed by atoms with van der Waals surface area (Å²) in [4.78, 5) is 21.5. The monoisotopic (exact) mass is 286 g/mol. The average Bonchev–Trinajstić information content (AvgIpc) is 2.36.